The summed E-state index contributed by atoms with van der Waals surface area (Å²) >= 11 is 0. The van der Waals surface area contributed by atoms with E-state index < -0.39 is 0 Å². The number of rotatable bonds is 2. The van der Waals surface area contributed by atoms with Crippen molar-refractivity contribution in [1.29, 1.82) is 0 Å². The minimum absolute atomic E-state index is 0.0612. The number of Topliss-reactive ketones (excluding diaryl/α,β-unsaturated/α-hetero) is 1. The molecule has 0 heterocycles. The lowest BCUT2D eigenvalue weighted by molar-refractivity contribution is -0.111. The Kier molecular flexibility index (Phi) is 3.36. The van der Waals surface area contributed by atoms with E-state index in [1.807, 2.05) is 19.1 Å². The first-order valence-corrected chi connectivity index (χ1v) is 4.20. The summed E-state index contributed by atoms with van der Waals surface area (Å²) in [6.07, 6.45) is 0. The number of hydrogen-bond donors (Lipinski definition) is 2. The molecule has 1 rings (SSSR count). The summed E-state index contributed by atoms with van der Waals surface area (Å²) in [5, 5.41) is 8.61. The lowest BCUT2D eigenvalue weighted by Gasteiger charge is -2.00. The molecule has 1 aromatic rings. The SMILES string of the molecule is CC(=O)C(=Nc1ccc(C)cc1)NO. The van der Waals surface area contributed by atoms with E-state index in [0.717, 1.165) is 5.56 Å². The number of nitrogens with one attached hydrogen (secondary N) is 1. The fourth-order valence-electron chi connectivity index (χ4n) is 0.931. The molecule has 0 aliphatic carbocycles. The topological polar surface area (TPSA) is 61.7 Å². The molecule has 4 heteroatoms. The van der Waals surface area contributed by atoms with Crippen LogP contribution in [0, 0.1) is 6.92 Å². The van der Waals surface area contributed by atoms with Gasteiger partial charge >= 0.3 is 0 Å². The van der Waals surface area contributed by atoms with E-state index in [0.29, 0.717) is 5.69 Å². The van der Waals surface area contributed by atoms with E-state index in [2.05, 4.69) is 4.99 Å². The Hall–Kier alpha value is -1.68. The van der Waals surface area contributed by atoms with Crippen molar-refractivity contribution in [1.82, 2.24) is 5.48 Å². The molecule has 0 saturated heterocycles. The van der Waals surface area contributed by atoms with E-state index in [4.69, 9.17) is 5.21 Å². The molecule has 0 aliphatic rings. The molecular weight excluding hydrogens is 180 g/mol. The van der Waals surface area contributed by atoms with Gasteiger partial charge in [0, 0.05) is 6.92 Å². The van der Waals surface area contributed by atoms with Gasteiger partial charge in [0.1, 0.15) is 0 Å². The van der Waals surface area contributed by atoms with Crippen molar-refractivity contribution in [3.63, 3.8) is 0 Å². The van der Waals surface area contributed by atoms with Gasteiger partial charge in [0.2, 0.25) is 0 Å². The second-order valence-electron chi connectivity index (χ2n) is 2.96. The van der Waals surface area contributed by atoms with Crippen LogP contribution in [0.5, 0.6) is 0 Å². The highest BCUT2D eigenvalue weighted by Crippen LogP contribution is 2.12. The Morgan fingerprint density at radius 2 is 1.93 bits per heavy atom. The van der Waals surface area contributed by atoms with Gasteiger partial charge in [-0.15, -0.1) is 0 Å². The number of ketones is 1. The fourth-order valence-corrected chi connectivity index (χ4v) is 0.931. The van der Waals surface area contributed by atoms with Crippen LogP contribution in [0.3, 0.4) is 0 Å². The van der Waals surface area contributed by atoms with E-state index in [-0.39, 0.29) is 11.6 Å². The third-order valence-corrected chi connectivity index (χ3v) is 1.71. The summed E-state index contributed by atoms with van der Waals surface area (Å²) in [6.45, 7) is 3.29. The van der Waals surface area contributed by atoms with Crippen LogP contribution in [0.25, 0.3) is 0 Å². The first-order chi connectivity index (χ1) is 6.63. The van der Waals surface area contributed by atoms with Gasteiger partial charge < -0.3 is 0 Å². The zero-order chi connectivity index (χ0) is 10.6. The van der Waals surface area contributed by atoms with Crippen molar-refractivity contribution in [2.24, 2.45) is 4.99 Å². The van der Waals surface area contributed by atoms with E-state index >= 15 is 0 Å². The molecule has 0 unspecified atom stereocenters. The van der Waals surface area contributed by atoms with Gasteiger partial charge in [0.05, 0.1) is 5.69 Å². The molecular formula is C10H12N2O2. The summed E-state index contributed by atoms with van der Waals surface area (Å²) in [5.41, 5.74) is 3.51. The average Bonchev–Trinajstić information content (AvgIpc) is 2.16. The summed E-state index contributed by atoms with van der Waals surface area (Å²) in [7, 11) is 0. The van der Waals surface area contributed by atoms with Crippen molar-refractivity contribution in [2.45, 2.75) is 13.8 Å². The molecule has 4 nitrogen and oxygen atoms in total. The molecule has 0 bridgehead atoms. The van der Waals surface area contributed by atoms with Crippen LogP contribution in [-0.2, 0) is 4.79 Å². The normalized spacial score (nSPS) is 11.2. The minimum atomic E-state index is -0.312. The van der Waals surface area contributed by atoms with Crippen LogP contribution in [-0.4, -0.2) is 16.8 Å². The van der Waals surface area contributed by atoms with Crippen molar-refractivity contribution in [3.8, 4) is 0 Å². The number of carbonyl (C=O) groups excluding carboxylic acids is 1. The first-order valence-electron chi connectivity index (χ1n) is 4.20. The smallest absolute Gasteiger partial charge is 0.196 e. The van der Waals surface area contributed by atoms with Gasteiger partial charge in [-0.2, -0.15) is 0 Å². The maximum atomic E-state index is 10.9. The van der Waals surface area contributed by atoms with E-state index in [1.165, 1.54) is 6.92 Å². The molecule has 0 aliphatic heterocycles. The highest BCUT2D eigenvalue weighted by atomic mass is 16.5. The third-order valence-electron chi connectivity index (χ3n) is 1.71. The van der Waals surface area contributed by atoms with Crippen molar-refractivity contribution >= 4 is 17.3 Å². The fraction of sp³-hybridized carbons (Fsp3) is 0.200. The third kappa shape index (κ3) is 2.67. The summed E-state index contributed by atoms with van der Waals surface area (Å²) < 4.78 is 0. The van der Waals surface area contributed by atoms with Crippen molar-refractivity contribution in [3.05, 3.63) is 29.8 Å². The lowest BCUT2D eigenvalue weighted by Crippen LogP contribution is -2.25. The van der Waals surface area contributed by atoms with Crippen LogP contribution in [0.4, 0.5) is 5.69 Å². The number of nitrogens with zero attached hydrogens (tertiary/aromatic N) is 1. The molecule has 0 spiro atoms. The second-order valence-corrected chi connectivity index (χ2v) is 2.96. The molecule has 2 N–H and O–H groups in total. The van der Waals surface area contributed by atoms with Gasteiger partial charge in [-0.1, -0.05) is 17.7 Å². The van der Waals surface area contributed by atoms with Crippen molar-refractivity contribution < 1.29 is 10.0 Å². The molecule has 0 saturated carbocycles. The Bertz CT molecular complexity index is 355. The molecule has 0 radical (unpaired) electrons. The number of carbonyl (C=O) groups is 1. The predicted octanol–water partition coefficient (Wildman–Crippen LogP) is 1.59. The zero-order valence-electron chi connectivity index (χ0n) is 8.11. The summed E-state index contributed by atoms with van der Waals surface area (Å²) in [5.74, 6) is -0.373. The Morgan fingerprint density at radius 3 is 2.36 bits per heavy atom. The lowest BCUT2D eigenvalue weighted by atomic mass is 10.2. The number of hydroxylamine groups is 1. The van der Waals surface area contributed by atoms with Gasteiger partial charge in [0.25, 0.3) is 0 Å². The van der Waals surface area contributed by atoms with E-state index in [9.17, 15) is 4.79 Å². The number of amidine groups is 1. The monoisotopic (exact) mass is 192 g/mol. The zero-order valence-corrected chi connectivity index (χ0v) is 8.11. The first kappa shape index (κ1) is 10.4. The van der Waals surface area contributed by atoms with Crippen molar-refractivity contribution in [2.75, 3.05) is 0 Å². The van der Waals surface area contributed by atoms with Crippen LogP contribution in [0.15, 0.2) is 29.3 Å². The van der Waals surface area contributed by atoms with Gasteiger partial charge in [-0.05, 0) is 19.1 Å². The predicted molar refractivity (Wildman–Crippen MR) is 53.9 cm³/mol. The molecule has 0 fully saturated rings. The number of aryl methyl sites for hydroxylation is 1. The maximum absolute atomic E-state index is 10.9. The quantitative estimate of drug-likeness (QED) is 0.425. The summed E-state index contributed by atoms with van der Waals surface area (Å²) in [6, 6.07) is 7.31. The average molecular weight is 192 g/mol. The largest absolute Gasteiger partial charge is 0.291 e. The van der Waals surface area contributed by atoms with Crippen LogP contribution >= 0.6 is 0 Å². The summed E-state index contributed by atoms with van der Waals surface area (Å²) in [4.78, 5) is 14.8. The second kappa shape index (κ2) is 4.53. The van der Waals surface area contributed by atoms with Gasteiger partial charge in [-0.3, -0.25) is 10.0 Å². The number of aliphatic imine (C=N–C) groups is 1. The molecule has 0 atom stereocenters. The maximum Gasteiger partial charge on any atom is 0.196 e. The van der Waals surface area contributed by atoms with Gasteiger partial charge in [-0.25, -0.2) is 10.5 Å². The Balaban J connectivity index is 2.95. The molecule has 0 amide bonds. The highest BCUT2D eigenvalue weighted by Gasteiger charge is 2.03. The van der Waals surface area contributed by atoms with Crippen LogP contribution in [0.2, 0.25) is 0 Å². The molecule has 14 heavy (non-hydrogen) atoms. The van der Waals surface area contributed by atoms with E-state index in [1.54, 1.807) is 17.6 Å². The highest BCUT2D eigenvalue weighted by molar-refractivity contribution is 6.38. The molecule has 74 valence electrons. The van der Waals surface area contributed by atoms with Gasteiger partial charge in [0.15, 0.2) is 11.6 Å². The number of benzene rings is 1. The Morgan fingerprint density at radius 1 is 1.36 bits per heavy atom. The molecule has 1 aromatic carbocycles. The standard InChI is InChI=1S/C10H12N2O2/c1-7-3-5-9(6-4-7)11-10(12-14)8(2)13/h3-6,14H,1-2H3,(H,11,12). The Labute approximate surface area is 82.2 Å². The van der Waals surface area contributed by atoms with Crippen LogP contribution < -0.4 is 5.48 Å². The molecule has 0 aromatic heterocycles. The van der Waals surface area contributed by atoms with Crippen LogP contribution in [0.1, 0.15) is 12.5 Å². The number of hydrogen-bond acceptors (Lipinski definition) is 3. The minimum Gasteiger partial charge on any atom is -0.291 e.